The van der Waals surface area contributed by atoms with E-state index in [0.717, 1.165) is 42.5 Å². The second-order valence-electron chi connectivity index (χ2n) is 11.8. The Morgan fingerprint density at radius 2 is 0.854 bits per heavy atom. The van der Waals surface area contributed by atoms with Gasteiger partial charge in [-0.2, -0.15) is 0 Å². The lowest BCUT2D eigenvalue weighted by Crippen LogP contribution is -2.58. The molecule has 0 atom stereocenters. The zero-order chi connectivity index (χ0) is 33.6. The molecule has 0 spiro atoms. The number of nitrogens with zero attached hydrogens (tertiary/aromatic N) is 4. The first-order chi connectivity index (χ1) is 23.2. The van der Waals surface area contributed by atoms with E-state index in [2.05, 4.69) is 0 Å². The van der Waals surface area contributed by atoms with Crippen molar-refractivity contribution < 1.29 is 38.2 Å². The number of benzene rings is 4. The van der Waals surface area contributed by atoms with E-state index in [4.69, 9.17) is 9.47 Å². The highest BCUT2D eigenvalue weighted by Crippen LogP contribution is 2.21. The highest BCUT2D eigenvalue weighted by molar-refractivity contribution is 6.00. The van der Waals surface area contributed by atoms with E-state index < -0.39 is 49.0 Å². The van der Waals surface area contributed by atoms with Gasteiger partial charge in [0, 0.05) is 13.1 Å². The lowest BCUT2D eigenvalue weighted by Gasteiger charge is -2.35. The van der Waals surface area contributed by atoms with Crippen molar-refractivity contribution in [1.29, 1.82) is 0 Å². The highest BCUT2D eigenvalue weighted by Gasteiger charge is 2.34. The van der Waals surface area contributed by atoms with Gasteiger partial charge >= 0.3 is 11.9 Å². The van der Waals surface area contributed by atoms with Gasteiger partial charge in [-0.25, -0.2) is 9.80 Å². The van der Waals surface area contributed by atoms with Crippen molar-refractivity contribution >= 4 is 57.1 Å². The van der Waals surface area contributed by atoms with Gasteiger partial charge < -0.3 is 9.47 Å². The first-order valence-electron chi connectivity index (χ1n) is 15.6. The fraction of sp³-hybridized carbons (Fsp3) is 0.278. The van der Waals surface area contributed by atoms with E-state index in [1.54, 1.807) is 9.80 Å². The summed E-state index contributed by atoms with van der Waals surface area (Å²) in [6.07, 6.45) is 0.00386. The Balaban J connectivity index is 0.923. The third kappa shape index (κ3) is 7.56. The van der Waals surface area contributed by atoms with Crippen LogP contribution in [-0.4, -0.2) is 108 Å². The van der Waals surface area contributed by atoms with Crippen molar-refractivity contribution in [2.24, 2.45) is 0 Å². The molecule has 48 heavy (non-hydrogen) atoms. The Bertz CT molecular complexity index is 1730. The summed E-state index contributed by atoms with van der Waals surface area (Å²) < 4.78 is 10.6. The normalized spacial score (nSPS) is 16.2. The number of amides is 4. The first-order valence-corrected chi connectivity index (χ1v) is 15.6. The monoisotopic (exact) mass is 650 g/mol. The molecule has 2 aliphatic heterocycles. The molecule has 2 saturated heterocycles. The Morgan fingerprint density at radius 3 is 1.25 bits per heavy atom. The van der Waals surface area contributed by atoms with Gasteiger partial charge in [0.25, 0.3) is 0 Å². The lowest BCUT2D eigenvalue weighted by atomic mass is 10.0. The maximum absolute atomic E-state index is 12.8. The standard InChI is InChI=1S/C36H34N4O8/c41-31-19-37(20-32(42)39(31)23-47-35(45)17-27-11-5-9-25-7-1-3-13-29(25)27)15-16-38-21-33(43)40(34(44)22-38)24-48-36(46)18-28-12-6-10-26-8-2-4-14-30(26)28/h1-14H,15-24H2. The Morgan fingerprint density at radius 1 is 0.500 bits per heavy atom. The molecular weight excluding hydrogens is 616 g/mol. The van der Waals surface area contributed by atoms with Gasteiger partial charge in [-0.05, 0) is 32.7 Å². The summed E-state index contributed by atoms with van der Waals surface area (Å²) in [6.45, 7) is -0.747. The molecule has 246 valence electrons. The van der Waals surface area contributed by atoms with Crippen molar-refractivity contribution in [3.05, 3.63) is 96.1 Å². The molecule has 2 fully saturated rings. The van der Waals surface area contributed by atoms with Crippen LogP contribution in [0.1, 0.15) is 11.1 Å². The summed E-state index contributed by atoms with van der Waals surface area (Å²) in [7, 11) is 0. The highest BCUT2D eigenvalue weighted by atomic mass is 16.6. The average Bonchev–Trinajstić information content (AvgIpc) is 3.07. The van der Waals surface area contributed by atoms with Crippen LogP contribution in [0.15, 0.2) is 84.9 Å². The molecule has 4 aromatic carbocycles. The molecule has 0 N–H and O–H groups in total. The number of ether oxygens (including phenoxy) is 2. The van der Waals surface area contributed by atoms with Crippen LogP contribution in [-0.2, 0) is 51.1 Å². The maximum Gasteiger partial charge on any atom is 0.312 e. The lowest BCUT2D eigenvalue weighted by molar-refractivity contribution is -0.166. The third-order valence-corrected chi connectivity index (χ3v) is 8.51. The Labute approximate surface area is 276 Å². The summed E-state index contributed by atoms with van der Waals surface area (Å²) in [6, 6.07) is 26.6. The number of esters is 2. The number of imide groups is 2. The zero-order valence-corrected chi connectivity index (χ0v) is 26.2. The van der Waals surface area contributed by atoms with Gasteiger partial charge in [0.2, 0.25) is 23.6 Å². The number of hydrogen-bond acceptors (Lipinski definition) is 10. The van der Waals surface area contributed by atoms with Crippen LogP contribution in [0.4, 0.5) is 0 Å². The molecular formula is C36H34N4O8. The summed E-state index contributed by atoms with van der Waals surface area (Å²) in [5, 5.41) is 3.85. The number of fused-ring (bicyclic) bond motifs is 2. The smallest absolute Gasteiger partial charge is 0.312 e. The fourth-order valence-electron chi connectivity index (χ4n) is 5.96. The van der Waals surface area contributed by atoms with Gasteiger partial charge in [-0.3, -0.25) is 38.6 Å². The van der Waals surface area contributed by atoms with Crippen LogP contribution >= 0.6 is 0 Å². The maximum atomic E-state index is 12.8. The second kappa shape index (κ2) is 14.5. The first kappa shape index (κ1) is 32.5. The van der Waals surface area contributed by atoms with Crippen molar-refractivity contribution in [3.63, 3.8) is 0 Å². The van der Waals surface area contributed by atoms with Crippen molar-refractivity contribution in [3.8, 4) is 0 Å². The molecule has 6 rings (SSSR count). The van der Waals surface area contributed by atoms with Crippen LogP contribution in [0.2, 0.25) is 0 Å². The average molecular weight is 651 g/mol. The number of piperazine rings is 2. The van der Waals surface area contributed by atoms with Gasteiger partial charge in [0.15, 0.2) is 13.5 Å². The molecule has 4 amide bonds. The number of carbonyl (C=O) groups is 6. The molecule has 12 heteroatoms. The number of carbonyl (C=O) groups excluding carboxylic acids is 6. The molecule has 12 nitrogen and oxygen atoms in total. The van der Waals surface area contributed by atoms with Crippen LogP contribution in [0.5, 0.6) is 0 Å². The van der Waals surface area contributed by atoms with Crippen molar-refractivity contribution in [1.82, 2.24) is 19.6 Å². The molecule has 0 radical (unpaired) electrons. The molecule has 0 bridgehead atoms. The predicted octanol–water partition coefficient (Wildman–Crippen LogP) is 2.12. The summed E-state index contributed by atoms with van der Waals surface area (Å²) in [5.74, 6) is -3.14. The minimum Gasteiger partial charge on any atom is -0.443 e. The molecule has 2 heterocycles. The Hall–Kier alpha value is -5.46. The van der Waals surface area contributed by atoms with Crippen LogP contribution in [0.3, 0.4) is 0 Å². The SMILES string of the molecule is O=C(Cc1cccc2ccccc12)OCN1C(=O)CN(CCN2CC(=O)N(COC(=O)Cc3cccc4ccccc34)C(=O)C2)CC1=O. The summed E-state index contributed by atoms with van der Waals surface area (Å²) in [4.78, 5) is 81.3. The minimum absolute atomic E-state index is 0.00193. The van der Waals surface area contributed by atoms with Crippen LogP contribution in [0.25, 0.3) is 21.5 Å². The third-order valence-electron chi connectivity index (χ3n) is 8.51. The van der Waals surface area contributed by atoms with Gasteiger partial charge in [-0.15, -0.1) is 0 Å². The molecule has 0 unspecified atom stereocenters. The summed E-state index contributed by atoms with van der Waals surface area (Å²) >= 11 is 0. The zero-order valence-electron chi connectivity index (χ0n) is 26.2. The largest absolute Gasteiger partial charge is 0.443 e. The minimum atomic E-state index is -0.553. The molecule has 2 aliphatic rings. The second-order valence-corrected chi connectivity index (χ2v) is 11.8. The molecule has 0 saturated carbocycles. The van der Waals surface area contributed by atoms with Crippen molar-refractivity contribution in [2.75, 3.05) is 52.7 Å². The number of hydrogen-bond donors (Lipinski definition) is 0. The van der Waals surface area contributed by atoms with E-state index >= 15 is 0 Å². The van der Waals surface area contributed by atoms with Crippen molar-refractivity contribution in [2.45, 2.75) is 12.8 Å². The molecule has 0 aliphatic carbocycles. The van der Waals surface area contributed by atoms with Crippen LogP contribution < -0.4 is 0 Å². The van der Waals surface area contributed by atoms with E-state index in [1.165, 1.54) is 0 Å². The van der Waals surface area contributed by atoms with E-state index in [1.807, 2.05) is 84.9 Å². The van der Waals surface area contributed by atoms with Gasteiger partial charge in [-0.1, -0.05) is 84.9 Å². The van der Waals surface area contributed by atoms with E-state index in [0.29, 0.717) is 0 Å². The van der Waals surface area contributed by atoms with E-state index in [-0.39, 0.29) is 52.1 Å². The fourth-order valence-corrected chi connectivity index (χ4v) is 5.96. The van der Waals surface area contributed by atoms with Gasteiger partial charge in [0.1, 0.15) is 0 Å². The van der Waals surface area contributed by atoms with Crippen LogP contribution in [0, 0.1) is 0 Å². The Kier molecular flexibility index (Phi) is 9.83. The topological polar surface area (TPSA) is 134 Å². The predicted molar refractivity (Wildman–Crippen MR) is 174 cm³/mol. The molecule has 0 aromatic heterocycles. The molecule has 4 aromatic rings. The van der Waals surface area contributed by atoms with Gasteiger partial charge in [0.05, 0.1) is 39.0 Å². The van der Waals surface area contributed by atoms with E-state index in [9.17, 15) is 28.8 Å². The summed E-state index contributed by atoms with van der Waals surface area (Å²) in [5.41, 5.74) is 1.58. The quantitative estimate of drug-likeness (QED) is 0.176. The number of rotatable bonds is 11.